The number of ether oxygens (including phenoxy) is 1. The Morgan fingerprint density at radius 1 is 1.27 bits per heavy atom. The minimum atomic E-state index is -2.64. The molecule has 0 atom stereocenters. The Balaban J connectivity index is 2.03. The largest absolute Gasteiger partial charge is 0.480 e. The lowest BCUT2D eigenvalue weighted by molar-refractivity contribution is -0.197. The molecular formula is C9H13F2NO3. The quantitative estimate of drug-likeness (QED) is 0.740. The molecule has 15 heavy (non-hydrogen) atoms. The van der Waals surface area contributed by atoms with Crippen molar-refractivity contribution in [2.24, 2.45) is 0 Å². The molecule has 2 saturated heterocycles. The van der Waals surface area contributed by atoms with Crippen LogP contribution in [-0.4, -0.2) is 53.7 Å². The Morgan fingerprint density at radius 3 is 2.13 bits per heavy atom. The third-order valence-corrected chi connectivity index (χ3v) is 3.18. The topological polar surface area (TPSA) is 49.8 Å². The molecule has 0 aromatic rings. The Hall–Kier alpha value is -0.750. The van der Waals surface area contributed by atoms with Crippen LogP contribution in [0.1, 0.15) is 12.8 Å². The van der Waals surface area contributed by atoms with E-state index in [-0.39, 0.29) is 39.1 Å². The summed E-state index contributed by atoms with van der Waals surface area (Å²) in [6.45, 7) is 0.465. The predicted octanol–water partition coefficient (Wildman–Crippen LogP) is 0.571. The minimum Gasteiger partial charge on any atom is -0.480 e. The summed E-state index contributed by atoms with van der Waals surface area (Å²) >= 11 is 0. The van der Waals surface area contributed by atoms with Gasteiger partial charge in [-0.1, -0.05) is 0 Å². The monoisotopic (exact) mass is 221 g/mol. The molecule has 2 rings (SSSR count). The molecule has 4 nitrogen and oxygen atoms in total. The second-order valence-electron chi connectivity index (χ2n) is 4.17. The van der Waals surface area contributed by atoms with E-state index in [9.17, 15) is 13.6 Å². The van der Waals surface area contributed by atoms with E-state index in [0.717, 1.165) is 0 Å². The molecule has 2 aliphatic heterocycles. The van der Waals surface area contributed by atoms with Crippen LogP contribution in [0.25, 0.3) is 0 Å². The smallest absolute Gasteiger partial charge is 0.328 e. The van der Waals surface area contributed by atoms with Gasteiger partial charge in [0, 0.05) is 25.9 Å². The molecule has 0 amide bonds. The molecule has 1 N–H and O–H groups in total. The number of rotatable bonds is 2. The normalized spacial score (nSPS) is 29.5. The molecule has 2 fully saturated rings. The fourth-order valence-corrected chi connectivity index (χ4v) is 2.00. The maximum absolute atomic E-state index is 12.9. The molecular weight excluding hydrogens is 208 g/mol. The van der Waals surface area contributed by atoms with Gasteiger partial charge in [-0.05, 0) is 0 Å². The highest BCUT2D eigenvalue weighted by Gasteiger charge is 2.53. The van der Waals surface area contributed by atoms with Crippen molar-refractivity contribution in [3.05, 3.63) is 0 Å². The van der Waals surface area contributed by atoms with Crippen LogP contribution < -0.4 is 0 Å². The summed E-state index contributed by atoms with van der Waals surface area (Å²) in [6.07, 6.45) is -0.524. The highest BCUT2D eigenvalue weighted by molar-refractivity contribution is 5.80. The summed E-state index contributed by atoms with van der Waals surface area (Å²) in [5.41, 5.74) is -1.05. The van der Waals surface area contributed by atoms with Gasteiger partial charge in [0.2, 0.25) is 0 Å². The number of nitrogens with zero attached hydrogens (tertiary/aromatic N) is 1. The number of hydrogen-bond donors (Lipinski definition) is 1. The van der Waals surface area contributed by atoms with Crippen molar-refractivity contribution in [3.63, 3.8) is 0 Å². The van der Waals surface area contributed by atoms with E-state index < -0.39 is 17.4 Å². The van der Waals surface area contributed by atoms with Gasteiger partial charge in [0.05, 0.1) is 13.2 Å². The van der Waals surface area contributed by atoms with Gasteiger partial charge in [0.1, 0.15) is 0 Å². The molecule has 0 bridgehead atoms. The average Bonchev–Trinajstić information content (AvgIpc) is 2.05. The summed E-state index contributed by atoms with van der Waals surface area (Å²) in [5, 5.41) is 9.06. The summed E-state index contributed by atoms with van der Waals surface area (Å²) < 4.78 is 30.7. The third kappa shape index (κ3) is 1.72. The van der Waals surface area contributed by atoms with Gasteiger partial charge in [0.15, 0.2) is 5.54 Å². The average molecular weight is 221 g/mol. The number of halogens is 2. The lowest BCUT2D eigenvalue weighted by atomic mass is 9.91. The Bertz CT molecular complexity index is 269. The van der Waals surface area contributed by atoms with E-state index in [0.29, 0.717) is 0 Å². The van der Waals surface area contributed by atoms with Crippen LogP contribution in [0, 0.1) is 0 Å². The molecule has 0 aromatic heterocycles. The van der Waals surface area contributed by atoms with E-state index >= 15 is 0 Å². The Labute approximate surface area is 85.8 Å². The Kier molecular flexibility index (Phi) is 2.42. The predicted molar refractivity (Wildman–Crippen MR) is 46.9 cm³/mol. The van der Waals surface area contributed by atoms with E-state index in [1.54, 1.807) is 4.90 Å². The van der Waals surface area contributed by atoms with Crippen molar-refractivity contribution in [2.75, 3.05) is 26.3 Å². The van der Waals surface area contributed by atoms with Gasteiger partial charge < -0.3 is 9.84 Å². The number of hydrogen-bond acceptors (Lipinski definition) is 3. The zero-order valence-corrected chi connectivity index (χ0v) is 8.21. The second-order valence-corrected chi connectivity index (χ2v) is 4.17. The maximum Gasteiger partial charge on any atom is 0.328 e. The van der Waals surface area contributed by atoms with Crippen LogP contribution in [-0.2, 0) is 9.53 Å². The third-order valence-electron chi connectivity index (χ3n) is 3.18. The van der Waals surface area contributed by atoms with Crippen LogP contribution in [0.15, 0.2) is 0 Å². The molecule has 2 heterocycles. The van der Waals surface area contributed by atoms with Crippen LogP contribution >= 0.6 is 0 Å². The molecule has 0 spiro atoms. The van der Waals surface area contributed by atoms with Crippen LogP contribution in [0.2, 0.25) is 0 Å². The first-order valence-corrected chi connectivity index (χ1v) is 4.90. The number of likely N-dealkylation sites (tertiary alicyclic amines) is 1. The molecule has 2 aliphatic rings. The van der Waals surface area contributed by atoms with Gasteiger partial charge in [-0.2, -0.15) is 0 Å². The van der Waals surface area contributed by atoms with E-state index in [1.807, 2.05) is 0 Å². The van der Waals surface area contributed by atoms with Gasteiger partial charge in [-0.15, -0.1) is 0 Å². The number of carboxylic acids is 1. The number of aliphatic carboxylic acids is 1. The first kappa shape index (κ1) is 10.8. The number of alkyl halides is 2. The molecule has 0 saturated carbocycles. The van der Waals surface area contributed by atoms with Gasteiger partial charge >= 0.3 is 5.97 Å². The van der Waals surface area contributed by atoms with Gasteiger partial charge in [0.25, 0.3) is 5.92 Å². The molecule has 86 valence electrons. The van der Waals surface area contributed by atoms with E-state index in [2.05, 4.69) is 0 Å². The summed E-state index contributed by atoms with van der Waals surface area (Å²) in [7, 11) is 0. The molecule has 0 aromatic carbocycles. The molecule has 0 aliphatic carbocycles. The fourth-order valence-electron chi connectivity index (χ4n) is 2.00. The maximum atomic E-state index is 12.9. The minimum absolute atomic E-state index is 0.105. The van der Waals surface area contributed by atoms with Crippen LogP contribution in [0.3, 0.4) is 0 Å². The van der Waals surface area contributed by atoms with Crippen molar-refractivity contribution < 1.29 is 23.4 Å². The van der Waals surface area contributed by atoms with Crippen molar-refractivity contribution in [3.8, 4) is 0 Å². The summed E-state index contributed by atoms with van der Waals surface area (Å²) in [6, 6.07) is 0. The number of carboxylic acid groups (broad SMARTS) is 1. The van der Waals surface area contributed by atoms with Crippen molar-refractivity contribution >= 4 is 5.97 Å². The first-order valence-electron chi connectivity index (χ1n) is 4.90. The zero-order valence-electron chi connectivity index (χ0n) is 8.21. The number of carbonyl (C=O) groups is 1. The summed E-state index contributed by atoms with van der Waals surface area (Å²) in [5.74, 6) is -3.61. The fraction of sp³-hybridized carbons (Fsp3) is 0.889. The molecule has 0 unspecified atom stereocenters. The first-order chi connectivity index (χ1) is 6.96. The SMILES string of the molecule is O=C(O)C1(N2CCC(F)(F)CC2)COC1. The zero-order chi connectivity index (χ0) is 11.1. The van der Waals surface area contributed by atoms with Crippen LogP contribution in [0.5, 0.6) is 0 Å². The highest BCUT2D eigenvalue weighted by atomic mass is 19.3. The van der Waals surface area contributed by atoms with E-state index in [4.69, 9.17) is 9.84 Å². The molecule has 0 radical (unpaired) electrons. The molecule has 6 heteroatoms. The Morgan fingerprint density at radius 2 is 1.80 bits per heavy atom. The van der Waals surface area contributed by atoms with Crippen molar-refractivity contribution in [1.82, 2.24) is 4.90 Å². The van der Waals surface area contributed by atoms with E-state index in [1.165, 1.54) is 0 Å². The second kappa shape index (κ2) is 3.38. The van der Waals surface area contributed by atoms with Crippen molar-refractivity contribution in [1.29, 1.82) is 0 Å². The van der Waals surface area contributed by atoms with Gasteiger partial charge in [-0.25, -0.2) is 8.78 Å². The van der Waals surface area contributed by atoms with Crippen LogP contribution in [0.4, 0.5) is 8.78 Å². The highest BCUT2D eigenvalue weighted by Crippen LogP contribution is 2.34. The van der Waals surface area contributed by atoms with Crippen molar-refractivity contribution in [2.45, 2.75) is 24.3 Å². The summed E-state index contributed by atoms with van der Waals surface area (Å²) in [4.78, 5) is 12.7. The van der Waals surface area contributed by atoms with Gasteiger partial charge in [-0.3, -0.25) is 9.69 Å². The lowest BCUT2D eigenvalue weighted by Crippen LogP contribution is -2.68. The lowest BCUT2D eigenvalue weighted by Gasteiger charge is -2.48. The number of piperidine rings is 1. The standard InChI is InChI=1S/C9H13F2NO3/c10-9(11)1-3-12(4-2-9)8(7(13)14)5-15-6-8/h1-6H2,(H,13,14).